The van der Waals surface area contributed by atoms with E-state index in [4.69, 9.17) is 16.3 Å². The molecular weight excluding hydrogens is 344 g/mol. The van der Waals surface area contributed by atoms with Crippen LogP contribution in [0.1, 0.15) is 23.0 Å². The second kappa shape index (κ2) is 6.55. The van der Waals surface area contributed by atoms with E-state index < -0.39 is 15.9 Å². The summed E-state index contributed by atoms with van der Waals surface area (Å²) in [5, 5.41) is 4.02. The van der Waals surface area contributed by atoms with Crippen molar-refractivity contribution in [3.8, 4) is 5.88 Å². The van der Waals surface area contributed by atoms with Gasteiger partial charge in [0.25, 0.3) is 15.9 Å². The fourth-order valence-corrected chi connectivity index (χ4v) is 3.26. The van der Waals surface area contributed by atoms with Crippen molar-refractivity contribution < 1.29 is 17.9 Å². The van der Waals surface area contributed by atoms with Gasteiger partial charge in [-0.05, 0) is 26.0 Å². The van der Waals surface area contributed by atoms with Crippen molar-refractivity contribution in [3.05, 3.63) is 34.7 Å². The van der Waals surface area contributed by atoms with Crippen LogP contribution < -0.4 is 9.46 Å². The molecular formula is C13H15ClN4O4S. The van der Waals surface area contributed by atoms with Crippen molar-refractivity contribution in [1.82, 2.24) is 19.5 Å². The number of sulfonamides is 1. The first-order chi connectivity index (χ1) is 10.8. The summed E-state index contributed by atoms with van der Waals surface area (Å²) in [5.74, 6) is -0.948. The van der Waals surface area contributed by atoms with Gasteiger partial charge in [-0.15, -0.1) is 0 Å². The normalized spacial score (nSPS) is 11.3. The van der Waals surface area contributed by atoms with E-state index in [0.717, 1.165) is 0 Å². The molecule has 0 aliphatic heterocycles. The van der Waals surface area contributed by atoms with Gasteiger partial charge in [-0.25, -0.2) is 18.1 Å². The monoisotopic (exact) mass is 358 g/mol. The summed E-state index contributed by atoms with van der Waals surface area (Å²) < 4.78 is 33.3. The maximum Gasteiger partial charge on any atom is 0.270 e. The van der Waals surface area contributed by atoms with Gasteiger partial charge in [-0.3, -0.25) is 9.48 Å². The SMILES string of the molecule is CCOc1ncccc1S(=O)(=O)NC(=O)c1c(C)nn(C)c1Cl. The number of hydrogen-bond acceptors (Lipinski definition) is 6. The van der Waals surface area contributed by atoms with E-state index in [1.54, 1.807) is 20.9 Å². The lowest BCUT2D eigenvalue weighted by atomic mass is 10.2. The van der Waals surface area contributed by atoms with Crippen LogP contribution in [0.25, 0.3) is 0 Å². The molecule has 1 N–H and O–H groups in total. The number of rotatable bonds is 5. The minimum Gasteiger partial charge on any atom is -0.477 e. The van der Waals surface area contributed by atoms with Gasteiger partial charge in [0, 0.05) is 13.2 Å². The first-order valence-electron chi connectivity index (χ1n) is 6.62. The molecule has 0 saturated carbocycles. The van der Waals surface area contributed by atoms with Gasteiger partial charge in [-0.2, -0.15) is 5.10 Å². The van der Waals surface area contributed by atoms with Crippen LogP contribution in [-0.2, 0) is 17.1 Å². The Morgan fingerprint density at radius 3 is 2.74 bits per heavy atom. The van der Waals surface area contributed by atoms with E-state index in [1.165, 1.54) is 23.0 Å². The number of carbonyl (C=O) groups is 1. The maximum absolute atomic E-state index is 12.4. The summed E-state index contributed by atoms with van der Waals surface area (Å²) in [6.45, 7) is 3.49. The van der Waals surface area contributed by atoms with Crippen molar-refractivity contribution >= 4 is 27.5 Å². The number of hydrogen-bond donors (Lipinski definition) is 1. The Kier molecular flexibility index (Phi) is 4.90. The Balaban J connectivity index is 2.37. The van der Waals surface area contributed by atoms with Crippen LogP contribution in [0, 0.1) is 6.92 Å². The third kappa shape index (κ3) is 3.45. The standard InChI is InChI=1S/C13H15ClN4O4S/c1-4-22-13-9(6-5-7-15-13)23(20,21)17-12(19)10-8(2)16-18(3)11(10)14/h5-7H,4H2,1-3H3,(H,17,19). The number of amides is 1. The number of aryl methyl sites for hydroxylation is 2. The predicted octanol–water partition coefficient (Wildman–Crippen LogP) is 1.29. The highest BCUT2D eigenvalue weighted by Crippen LogP contribution is 2.22. The van der Waals surface area contributed by atoms with E-state index in [2.05, 4.69) is 10.1 Å². The Morgan fingerprint density at radius 2 is 2.17 bits per heavy atom. The van der Waals surface area contributed by atoms with Gasteiger partial charge in [-0.1, -0.05) is 11.6 Å². The van der Waals surface area contributed by atoms with E-state index in [1.807, 2.05) is 4.72 Å². The summed E-state index contributed by atoms with van der Waals surface area (Å²) in [6, 6.07) is 2.73. The zero-order chi connectivity index (χ0) is 17.2. The first-order valence-corrected chi connectivity index (χ1v) is 8.48. The predicted molar refractivity (Wildman–Crippen MR) is 83.0 cm³/mol. The molecule has 23 heavy (non-hydrogen) atoms. The van der Waals surface area contributed by atoms with Gasteiger partial charge < -0.3 is 4.74 Å². The van der Waals surface area contributed by atoms with Crippen LogP contribution in [0.3, 0.4) is 0 Å². The number of aromatic nitrogens is 3. The zero-order valence-corrected chi connectivity index (χ0v) is 14.3. The maximum atomic E-state index is 12.4. The van der Waals surface area contributed by atoms with E-state index >= 15 is 0 Å². The molecule has 0 radical (unpaired) electrons. The Labute approximate surface area is 138 Å². The highest BCUT2D eigenvalue weighted by molar-refractivity contribution is 7.90. The molecule has 0 aromatic carbocycles. The molecule has 8 nitrogen and oxygen atoms in total. The highest BCUT2D eigenvalue weighted by atomic mass is 35.5. The molecule has 0 aliphatic carbocycles. The number of nitrogens with zero attached hydrogens (tertiary/aromatic N) is 3. The summed E-state index contributed by atoms with van der Waals surface area (Å²) in [5.41, 5.74) is 0.320. The van der Waals surface area contributed by atoms with Crippen molar-refractivity contribution in [2.45, 2.75) is 18.7 Å². The highest BCUT2D eigenvalue weighted by Gasteiger charge is 2.27. The van der Waals surface area contributed by atoms with Gasteiger partial charge in [0.15, 0.2) is 0 Å². The summed E-state index contributed by atoms with van der Waals surface area (Å²) >= 11 is 5.97. The fraction of sp³-hybridized carbons (Fsp3) is 0.308. The van der Waals surface area contributed by atoms with E-state index in [-0.39, 0.29) is 28.1 Å². The average Bonchev–Trinajstić information content (AvgIpc) is 2.72. The van der Waals surface area contributed by atoms with E-state index in [9.17, 15) is 13.2 Å². The Bertz CT molecular complexity index is 848. The lowest BCUT2D eigenvalue weighted by molar-refractivity contribution is 0.0981. The largest absolute Gasteiger partial charge is 0.477 e. The van der Waals surface area contributed by atoms with Crippen LogP contribution in [-0.4, -0.2) is 35.7 Å². The number of pyridine rings is 1. The molecule has 0 spiro atoms. The van der Waals surface area contributed by atoms with Crippen molar-refractivity contribution in [2.24, 2.45) is 7.05 Å². The van der Waals surface area contributed by atoms with Gasteiger partial charge in [0.05, 0.1) is 12.3 Å². The molecule has 2 rings (SSSR count). The summed E-state index contributed by atoms with van der Waals surface area (Å²) in [7, 11) is -2.62. The number of carbonyl (C=O) groups excluding carboxylic acids is 1. The van der Waals surface area contributed by atoms with Crippen LogP contribution in [0.15, 0.2) is 23.2 Å². The molecule has 0 unspecified atom stereocenters. The van der Waals surface area contributed by atoms with Gasteiger partial charge in [0.2, 0.25) is 5.88 Å². The fourth-order valence-electron chi connectivity index (χ4n) is 1.94. The third-order valence-corrected chi connectivity index (χ3v) is 4.69. The molecule has 0 aliphatic rings. The molecule has 2 heterocycles. The number of nitrogens with one attached hydrogen (secondary N) is 1. The van der Waals surface area contributed by atoms with Crippen molar-refractivity contribution in [2.75, 3.05) is 6.61 Å². The Morgan fingerprint density at radius 1 is 1.48 bits per heavy atom. The lowest BCUT2D eigenvalue weighted by Crippen LogP contribution is -2.31. The second-order valence-corrected chi connectivity index (χ2v) is 6.56. The van der Waals surface area contributed by atoms with Crippen molar-refractivity contribution in [1.29, 1.82) is 0 Å². The molecule has 0 bridgehead atoms. The smallest absolute Gasteiger partial charge is 0.270 e. The molecule has 124 valence electrons. The molecule has 0 fully saturated rings. The van der Waals surface area contributed by atoms with Crippen LogP contribution in [0.4, 0.5) is 0 Å². The lowest BCUT2D eigenvalue weighted by Gasteiger charge is -2.10. The molecule has 2 aromatic heterocycles. The molecule has 2 aromatic rings. The molecule has 0 saturated heterocycles. The summed E-state index contributed by atoms with van der Waals surface area (Å²) in [4.78, 5) is 15.9. The summed E-state index contributed by atoms with van der Waals surface area (Å²) in [6.07, 6.45) is 1.40. The van der Waals surface area contributed by atoms with Crippen LogP contribution in [0.5, 0.6) is 5.88 Å². The number of halogens is 1. The van der Waals surface area contributed by atoms with Gasteiger partial charge >= 0.3 is 0 Å². The third-order valence-electron chi connectivity index (χ3n) is 2.91. The quantitative estimate of drug-likeness (QED) is 0.863. The number of ether oxygens (including phenoxy) is 1. The minimum atomic E-state index is -4.17. The Hall–Kier alpha value is -2.13. The minimum absolute atomic E-state index is 0.000378. The van der Waals surface area contributed by atoms with Crippen LogP contribution in [0.2, 0.25) is 5.15 Å². The zero-order valence-electron chi connectivity index (χ0n) is 12.7. The first kappa shape index (κ1) is 17.2. The van der Waals surface area contributed by atoms with Gasteiger partial charge in [0.1, 0.15) is 15.6 Å². The van der Waals surface area contributed by atoms with E-state index in [0.29, 0.717) is 5.69 Å². The van der Waals surface area contributed by atoms with Crippen LogP contribution >= 0.6 is 11.6 Å². The topological polar surface area (TPSA) is 103 Å². The molecule has 0 atom stereocenters. The average molecular weight is 359 g/mol. The van der Waals surface area contributed by atoms with Crippen molar-refractivity contribution in [3.63, 3.8) is 0 Å². The second-order valence-electron chi connectivity index (χ2n) is 4.55. The molecule has 1 amide bonds. The molecule has 10 heteroatoms.